The van der Waals surface area contributed by atoms with Crippen LogP contribution in [0, 0.1) is 11.3 Å². The summed E-state index contributed by atoms with van der Waals surface area (Å²) in [4.78, 5) is 8.29. The molecule has 0 N–H and O–H groups in total. The summed E-state index contributed by atoms with van der Waals surface area (Å²) in [5.41, 5.74) is 3.56. The molecule has 3 heteroatoms. The van der Waals surface area contributed by atoms with Crippen LogP contribution in [0.2, 0.25) is 0 Å². The third-order valence-electron chi connectivity index (χ3n) is 3.34. The van der Waals surface area contributed by atoms with Gasteiger partial charge in [-0.05, 0) is 18.4 Å². The van der Waals surface area contributed by atoms with Crippen LogP contribution in [0.5, 0.6) is 0 Å². The van der Waals surface area contributed by atoms with E-state index in [1.54, 1.807) is 6.20 Å². The Labute approximate surface area is 120 Å². The Balaban J connectivity index is 1.98. The molecule has 0 aliphatic carbocycles. The first kappa shape index (κ1) is 14.2. The lowest BCUT2D eigenvalue weighted by atomic mass is 10.0. The van der Waals surface area contributed by atoms with Gasteiger partial charge in [0.25, 0.3) is 0 Å². The Bertz CT molecular complexity index is 565. The van der Waals surface area contributed by atoms with E-state index in [4.69, 9.17) is 5.26 Å². The molecule has 0 atom stereocenters. The van der Waals surface area contributed by atoms with Gasteiger partial charge in [-0.15, -0.1) is 0 Å². The van der Waals surface area contributed by atoms with Gasteiger partial charge >= 0.3 is 0 Å². The maximum absolute atomic E-state index is 8.70. The van der Waals surface area contributed by atoms with Crippen molar-refractivity contribution < 1.29 is 0 Å². The van der Waals surface area contributed by atoms with Gasteiger partial charge in [-0.2, -0.15) is 5.26 Å². The zero-order valence-corrected chi connectivity index (χ0v) is 11.8. The Morgan fingerprint density at radius 1 is 1.00 bits per heavy atom. The number of unbranched alkanes of at least 4 members (excludes halogenated alkanes) is 3. The average molecular weight is 265 g/mol. The van der Waals surface area contributed by atoms with E-state index in [0.717, 1.165) is 17.7 Å². The fourth-order valence-electron chi connectivity index (χ4n) is 2.13. The molecule has 0 unspecified atom stereocenters. The Kier molecular flexibility index (Phi) is 5.25. The topological polar surface area (TPSA) is 49.6 Å². The van der Waals surface area contributed by atoms with Crippen LogP contribution in [0.4, 0.5) is 0 Å². The quantitative estimate of drug-likeness (QED) is 0.737. The molecule has 20 heavy (non-hydrogen) atoms. The van der Waals surface area contributed by atoms with Gasteiger partial charge in [0.05, 0.1) is 18.1 Å². The molecule has 3 nitrogen and oxygen atoms in total. The first-order chi connectivity index (χ1) is 9.83. The number of nitriles is 1. The zero-order chi connectivity index (χ0) is 14.2. The van der Waals surface area contributed by atoms with Crippen LogP contribution >= 0.6 is 0 Å². The fraction of sp³-hybridized carbons (Fsp3) is 0.353. The minimum atomic E-state index is 0.348. The van der Waals surface area contributed by atoms with Crippen LogP contribution in [0.1, 0.15) is 43.9 Å². The van der Waals surface area contributed by atoms with Gasteiger partial charge < -0.3 is 0 Å². The molecule has 2 aromatic rings. The van der Waals surface area contributed by atoms with Gasteiger partial charge in [-0.3, -0.25) is 4.98 Å². The molecule has 0 radical (unpaired) electrons. The fourth-order valence-corrected chi connectivity index (χ4v) is 2.13. The lowest BCUT2D eigenvalue weighted by Crippen LogP contribution is -1.90. The largest absolute Gasteiger partial charge is 0.252 e. The summed E-state index contributed by atoms with van der Waals surface area (Å²) >= 11 is 0. The molecule has 0 spiro atoms. The highest BCUT2D eigenvalue weighted by Crippen LogP contribution is 2.17. The second-order valence-electron chi connectivity index (χ2n) is 4.91. The van der Waals surface area contributed by atoms with Crippen LogP contribution in [0.3, 0.4) is 0 Å². The third-order valence-corrected chi connectivity index (χ3v) is 3.34. The molecule has 1 aromatic heterocycles. The van der Waals surface area contributed by atoms with E-state index in [0.29, 0.717) is 5.69 Å². The standard InChI is InChI=1S/C17H19N3/c1-2-3-4-5-6-14-7-9-15(10-8-14)17-13-19-16(11-18)12-20-17/h7-10,12-13H,2-6H2,1H3. The van der Waals surface area contributed by atoms with Crippen LogP contribution < -0.4 is 0 Å². The average Bonchev–Trinajstić information content (AvgIpc) is 2.52. The Morgan fingerprint density at radius 2 is 1.80 bits per heavy atom. The van der Waals surface area contributed by atoms with Crippen LogP contribution in [-0.4, -0.2) is 9.97 Å². The summed E-state index contributed by atoms with van der Waals surface area (Å²) in [7, 11) is 0. The Hall–Kier alpha value is -2.21. The minimum Gasteiger partial charge on any atom is -0.252 e. The van der Waals surface area contributed by atoms with Gasteiger partial charge in [-0.1, -0.05) is 50.5 Å². The lowest BCUT2D eigenvalue weighted by Gasteiger charge is -2.04. The molecular weight excluding hydrogens is 246 g/mol. The minimum absolute atomic E-state index is 0.348. The highest BCUT2D eigenvalue weighted by Gasteiger charge is 2.01. The molecular formula is C17H19N3. The molecule has 0 aliphatic rings. The Morgan fingerprint density at radius 3 is 2.40 bits per heavy atom. The first-order valence-electron chi connectivity index (χ1n) is 7.15. The molecule has 0 saturated heterocycles. The smallest absolute Gasteiger partial charge is 0.158 e. The summed E-state index contributed by atoms with van der Waals surface area (Å²) < 4.78 is 0. The first-order valence-corrected chi connectivity index (χ1v) is 7.15. The van der Waals surface area contributed by atoms with Crippen LogP contribution in [-0.2, 0) is 6.42 Å². The molecule has 1 heterocycles. The van der Waals surface area contributed by atoms with Gasteiger partial charge in [0, 0.05) is 5.56 Å². The molecule has 102 valence electrons. The highest BCUT2D eigenvalue weighted by atomic mass is 14.8. The van der Waals surface area contributed by atoms with Crippen molar-refractivity contribution in [2.75, 3.05) is 0 Å². The summed E-state index contributed by atoms with van der Waals surface area (Å²) in [6.07, 6.45) is 9.44. The number of benzene rings is 1. The maximum atomic E-state index is 8.70. The number of aryl methyl sites for hydroxylation is 1. The van der Waals surface area contributed by atoms with Crippen LogP contribution in [0.25, 0.3) is 11.3 Å². The second-order valence-corrected chi connectivity index (χ2v) is 4.91. The summed E-state index contributed by atoms with van der Waals surface area (Å²) in [5.74, 6) is 0. The van der Waals surface area contributed by atoms with Crippen LogP contribution in [0.15, 0.2) is 36.7 Å². The van der Waals surface area contributed by atoms with Crippen molar-refractivity contribution in [3.63, 3.8) is 0 Å². The van der Waals surface area contributed by atoms with Crippen molar-refractivity contribution >= 4 is 0 Å². The van der Waals surface area contributed by atoms with Crippen molar-refractivity contribution in [3.8, 4) is 17.3 Å². The number of hydrogen-bond donors (Lipinski definition) is 0. The van der Waals surface area contributed by atoms with E-state index < -0.39 is 0 Å². The molecule has 2 rings (SSSR count). The van der Waals surface area contributed by atoms with Gasteiger partial charge in [-0.25, -0.2) is 4.98 Å². The predicted molar refractivity (Wildman–Crippen MR) is 80.0 cm³/mol. The van der Waals surface area contributed by atoms with Crippen molar-refractivity contribution in [3.05, 3.63) is 47.9 Å². The molecule has 0 saturated carbocycles. The predicted octanol–water partition coefficient (Wildman–Crippen LogP) is 4.14. The molecule has 0 fully saturated rings. The second kappa shape index (κ2) is 7.40. The van der Waals surface area contributed by atoms with E-state index in [1.165, 1.54) is 37.4 Å². The number of rotatable bonds is 6. The van der Waals surface area contributed by atoms with Crippen molar-refractivity contribution in [2.24, 2.45) is 0 Å². The summed E-state index contributed by atoms with van der Waals surface area (Å²) in [6.45, 7) is 2.23. The van der Waals surface area contributed by atoms with Gasteiger partial charge in [0.2, 0.25) is 0 Å². The van der Waals surface area contributed by atoms with Gasteiger partial charge in [0.15, 0.2) is 5.69 Å². The van der Waals surface area contributed by atoms with E-state index >= 15 is 0 Å². The third kappa shape index (κ3) is 3.89. The normalized spacial score (nSPS) is 10.2. The number of nitrogens with zero attached hydrogens (tertiary/aromatic N) is 3. The summed E-state index contributed by atoms with van der Waals surface area (Å²) in [6, 6.07) is 10.4. The van der Waals surface area contributed by atoms with Gasteiger partial charge in [0.1, 0.15) is 6.07 Å². The van der Waals surface area contributed by atoms with E-state index in [-0.39, 0.29) is 0 Å². The van der Waals surface area contributed by atoms with E-state index in [2.05, 4.69) is 41.2 Å². The number of aromatic nitrogens is 2. The molecule has 0 aliphatic heterocycles. The summed E-state index contributed by atoms with van der Waals surface area (Å²) in [5, 5.41) is 8.70. The van der Waals surface area contributed by atoms with Crippen molar-refractivity contribution in [1.82, 2.24) is 9.97 Å². The molecule has 0 amide bonds. The highest BCUT2D eigenvalue weighted by molar-refractivity contribution is 5.58. The van der Waals surface area contributed by atoms with Crippen molar-refractivity contribution in [2.45, 2.75) is 39.0 Å². The molecule has 1 aromatic carbocycles. The van der Waals surface area contributed by atoms with E-state index in [1.807, 2.05) is 6.07 Å². The van der Waals surface area contributed by atoms with E-state index in [9.17, 15) is 0 Å². The van der Waals surface area contributed by atoms with Crippen molar-refractivity contribution in [1.29, 1.82) is 5.26 Å². The number of hydrogen-bond acceptors (Lipinski definition) is 3. The zero-order valence-electron chi connectivity index (χ0n) is 11.8. The lowest BCUT2D eigenvalue weighted by molar-refractivity contribution is 0.667. The monoisotopic (exact) mass is 265 g/mol. The molecule has 0 bridgehead atoms. The SMILES string of the molecule is CCCCCCc1ccc(-c2cnc(C#N)cn2)cc1. The maximum Gasteiger partial charge on any atom is 0.158 e.